The summed E-state index contributed by atoms with van der Waals surface area (Å²) in [6.45, 7) is 3.77. The Morgan fingerprint density at radius 3 is 2.67 bits per heavy atom. The van der Waals surface area contributed by atoms with E-state index in [9.17, 15) is 9.90 Å². The molecule has 2 aromatic heterocycles. The fourth-order valence-electron chi connectivity index (χ4n) is 2.09. The van der Waals surface area contributed by atoms with Crippen molar-refractivity contribution in [1.82, 2.24) is 14.8 Å². The van der Waals surface area contributed by atoms with Crippen molar-refractivity contribution in [1.29, 1.82) is 0 Å². The molecule has 108 valence electrons. The highest BCUT2D eigenvalue weighted by molar-refractivity contribution is 7.20. The molecule has 5 nitrogen and oxygen atoms in total. The molecule has 0 fully saturated rings. The Morgan fingerprint density at radius 1 is 1.38 bits per heavy atom. The number of carboxylic acid groups (broad SMARTS) is 1. The predicted octanol–water partition coefficient (Wildman–Crippen LogP) is 3.96. The average molecular weight is 322 g/mol. The predicted molar refractivity (Wildman–Crippen MR) is 82.8 cm³/mol. The zero-order chi connectivity index (χ0) is 15.1. The summed E-state index contributed by atoms with van der Waals surface area (Å²) < 4.78 is 2.41. The Bertz CT molecular complexity index is 805. The maximum absolute atomic E-state index is 11.4. The van der Waals surface area contributed by atoms with Crippen LogP contribution >= 0.6 is 22.9 Å². The van der Waals surface area contributed by atoms with Crippen LogP contribution in [0.25, 0.3) is 15.3 Å². The van der Waals surface area contributed by atoms with Gasteiger partial charge in [0, 0.05) is 0 Å². The molecule has 0 bridgehead atoms. The number of aromatic carboxylic acids is 1. The minimum absolute atomic E-state index is 0.0378. The Balaban J connectivity index is 2.22. The minimum atomic E-state index is -1.07. The number of nitrogens with zero attached hydrogens (tertiary/aromatic N) is 3. The summed E-state index contributed by atoms with van der Waals surface area (Å²) in [5.74, 6) is -1.11. The van der Waals surface area contributed by atoms with E-state index >= 15 is 0 Å². The Labute approximate surface area is 129 Å². The molecule has 3 rings (SSSR count). The van der Waals surface area contributed by atoms with Crippen LogP contribution in [0.1, 0.15) is 35.8 Å². The van der Waals surface area contributed by atoms with Gasteiger partial charge in [0.25, 0.3) is 0 Å². The smallest absolute Gasteiger partial charge is 0.340 e. The van der Waals surface area contributed by atoms with Gasteiger partial charge in [0.2, 0.25) is 5.13 Å². The molecule has 0 saturated heterocycles. The minimum Gasteiger partial charge on any atom is -0.478 e. The van der Waals surface area contributed by atoms with Crippen LogP contribution < -0.4 is 0 Å². The molecule has 0 aliphatic carbocycles. The van der Waals surface area contributed by atoms with E-state index in [2.05, 4.69) is 10.1 Å². The van der Waals surface area contributed by atoms with Gasteiger partial charge in [-0.15, -0.1) is 0 Å². The third kappa shape index (κ3) is 2.30. The fourth-order valence-corrected chi connectivity index (χ4v) is 3.36. The number of fused-ring (bicyclic) bond motifs is 1. The van der Waals surface area contributed by atoms with Gasteiger partial charge in [0.15, 0.2) is 0 Å². The van der Waals surface area contributed by atoms with Crippen LogP contribution in [0, 0.1) is 0 Å². The summed E-state index contributed by atoms with van der Waals surface area (Å²) in [5, 5.41) is 14.3. The zero-order valence-corrected chi connectivity index (χ0v) is 12.9. The van der Waals surface area contributed by atoms with E-state index < -0.39 is 5.97 Å². The van der Waals surface area contributed by atoms with E-state index in [-0.39, 0.29) is 16.6 Å². The van der Waals surface area contributed by atoms with Crippen molar-refractivity contribution in [2.75, 3.05) is 0 Å². The quantitative estimate of drug-likeness (QED) is 0.793. The SMILES string of the molecule is CC(C)c1nn(-c2nc3ccccc3s2)c(Cl)c1C(=O)O. The lowest BCUT2D eigenvalue weighted by Crippen LogP contribution is -2.01. The molecule has 3 aromatic rings. The highest BCUT2D eigenvalue weighted by atomic mass is 35.5. The number of benzene rings is 1. The summed E-state index contributed by atoms with van der Waals surface area (Å²) in [6, 6.07) is 7.68. The maximum Gasteiger partial charge on any atom is 0.340 e. The number of halogens is 1. The van der Waals surface area contributed by atoms with Crippen LogP contribution in [-0.2, 0) is 0 Å². The molecule has 0 atom stereocenters. The maximum atomic E-state index is 11.4. The number of rotatable bonds is 3. The van der Waals surface area contributed by atoms with Gasteiger partial charge in [-0.3, -0.25) is 0 Å². The summed E-state index contributed by atoms with van der Waals surface area (Å²) in [7, 11) is 0. The first-order chi connectivity index (χ1) is 9.99. The van der Waals surface area contributed by atoms with Gasteiger partial charge in [0.05, 0.1) is 15.9 Å². The molecule has 0 aliphatic heterocycles. The lowest BCUT2D eigenvalue weighted by atomic mass is 10.1. The van der Waals surface area contributed by atoms with E-state index in [0.29, 0.717) is 10.8 Å². The van der Waals surface area contributed by atoms with Crippen molar-refractivity contribution in [2.24, 2.45) is 0 Å². The normalized spacial score (nSPS) is 11.4. The standard InChI is InChI=1S/C14H12ClN3O2S/c1-7(2)11-10(13(19)20)12(15)18(17-11)14-16-8-5-3-4-6-9(8)21-14/h3-7H,1-2H3,(H,19,20). The number of hydrogen-bond acceptors (Lipinski definition) is 4. The van der Waals surface area contributed by atoms with Crippen LogP contribution in [0.4, 0.5) is 0 Å². The van der Waals surface area contributed by atoms with E-state index in [0.717, 1.165) is 10.2 Å². The van der Waals surface area contributed by atoms with E-state index in [1.54, 1.807) is 0 Å². The summed E-state index contributed by atoms with van der Waals surface area (Å²) >= 11 is 7.64. The number of aromatic nitrogens is 3. The monoisotopic (exact) mass is 321 g/mol. The van der Waals surface area contributed by atoms with Crippen molar-refractivity contribution in [2.45, 2.75) is 19.8 Å². The molecule has 0 amide bonds. The fraction of sp³-hybridized carbons (Fsp3) is 0.214. The van der Waals surface area contributed by atoms with Crippen LogP contribution in [0.3, 0.4) is 0 Å². The van der Waals surface area contributed by atoms with Crippen molar-refractivity contribution >= 4 is 39.1 Å². The number of hydrogen-bond donors (Lipinski definition) is 1. The molecular weight excluding hydrogens is 310 g/mol. The highest BCUT2D eigenvalue weighted by Gasteiger charge is 2.25. The lowest BCUT2D eigenvalue weighted by Gasteiger charge is -2.00. The molecule has 1 N–H and O–H groups in total. The summed E-state index contributed by atoms with van der Waals surface area (Å²) in [4.78, 5) is 15.9. The Hall–Kier alpha value is -1.92. The number of carbonyl (C=O) groups is 1. The summed E-state index contributed by atoms with van der Waals surface area (Å²) in [5.41, 5.74) is 1.35. The lowest BCUT2D eigenvalue weighted by molar-refractivity contribution is 0.0695. The first-order valence-corrected chi connectivity index (χ1v) is 7.56. The Morgan fingerprint density at radius 2 is 2.10 bits per heavy atom. The van der Waals surface area contributed by atoms with Crippen molar-refractivity contribution in [3.8, 4) is 5.13 Å². The van der Waals surface area contributed by atoms with Crippen molar-refractivity contribution < 1.29 is 9.90 Å². The molecule has 21 heavy (non-hydrogen) atoms. The van der Waals surface area contributed by atoms with E-state index in [4.69, 9.17) is 11.6 Å². The molecular formula is C14H12ClN3O2S. The van der Waals surface area contributed by atoms with Crippen LogP contribution in [0.5, 0.6) is 0 Å². The third-order valence-corrected chi connectivity index (χ3v) is 4.44. The molecule has 2 heterocycles. The van der Waals surface area contributed by atoms with E-state index in [1.807, 2.05) is 38.1 Å². The van der Waals surface area contributed by atoms with Crippen molar-refractivity contribution in [3.05, 3.63) is 40.7 Å². The second-order valence-corrected chi connectivity index (χ2v) is 6.25. The van der Waals surface area contributed by atoms with Gasteiger partial charge < -0.3 is 5.11 Å². The largest absolute Gasteiger partial charge is 0.478 e. The van der Waals surface area contributed by atoms with Crippen molar-refractivity contribution in [3.63, 3.8) is 0 Å². The van der Waals surface area contributed by atoms with Gasteiger partial charge in [-0.05, 0) is 18.1 Å². The highest BCUT2D eigenvalue weighted by Crippen LogP contribution is 2.31. The molecule has 0 unspecified atom stereocenters. The van der Waals surface area contributed by atoms with Crippen LogP contribution in [0.2, 0.25) is 5.15 Å². The third-order valence-electron chi connectivity index (χ3n) is 3.08. The molecule has 0 saturated carbocycles. The summed E-state index contributed by atoms with van der Waals surface area (Å²) in [6.07, 6.45) is 0. The average Bonchev–Trinajstić information content (AvgIpc) is 2.98. The van der Waals surface area contributed by atoms with Gasteiger partial charge >= 0.3 is 5.97 Å². The molecule has 0 aliphatic rings. The number of thiazole rings is 1. The number of para-hydroxylation sites is 1. The Kier molecular flexibility index (Phi) is 3.43. The van der Waals surface area contributed by atoms with Crippen LogP contribution in [-0.4, -0.2) is 25.8 Å². The van der Waals surface area contributed by atoms with Gasteiger partial charge in [-0.1, -0.05) is 48.9 Å². The van der Waals surface area contributed by atoms with Gasteiger partial charge in [-0.2, -0.15) is 9.78 Å². The molecule has 7 heteroatoms. The first kappa shape index (κ1) is 14.0. The first-order valence-electron chi connectivity index (χ1n) is 6.36. The zero-order valence-electron chi connectivity index (χ0n) is 11.4. The molecule has 1 aromatic carbocycles. The van der Waals surface area contributed by atoms with E-state index in [1.165, 1.54) is 16.0 Å². The second kappa shape index (κ2) is 5.13. The van der Waals surface area contributed by atoms with Crippen LogP contribution in [0.15, 0.2) is 24.3 Å². The molecule has 0 spiro atoms. The topological polar surface area (TPSA) is 68.0 Å². The second-order valence-electron chi connectivity index (χ2n) is 4.89. The number of carboxylic acids is 1. The molecule has 0 radical (unpaired) electrons. The van der Waals surface area contributed by atoms with Gasteiger partial charge in [0.1, 0.15) is 10.7 Å². The van der Waals surface area contributed by atoms with Gasteiger partial charge in [-0.25, -0.2) is 9.78 Å².